The minimum atomic E-state index is -4.64. The third kappa shape index (κ3) is 6.00. The Balaban J connectivity index is 1.41. The standard InChI is InChI=1S/C28H49O8P/c1-6-34-20-11-13-27(3)19(15-20)16-24(33-5)26-22-9-8-21(28(22,4)14-12-23(26)27)18(2)7-10-25(29)35-17-36-37(30,31)32/h18-24,26H,6-17H2,1-5H3,(H2,30,31,32). The van der Waals surface area contributed by atoms with Gasteiger partial charge in [-0.2, -0.15) is 0 Å². The highest BCUT2D eigenvalue weighted by Gasteiger charge is 2.63. The molecule has 0 bridgehead atoms. The number of hydrogen-bond donors (Lipinski definition) is 2. The highest BCUT2D eigenvalue weighted by molar-refractivity contribution is 7.46. The highest BCUT2D eigenvalue weighted by Crippen LogP contribution is 2.68. The second-order valence-electron chi connectivity index (χ2n) is 12.9. The lowest BCUT2D eigenvalue weighted by Gasteiger charge is -2.63. The van der Waals surface area contributed by atoms with E-state index in [0.717, 1.165) is 13.0 Å². The smallest absolute Gasteiger partial charge is 0.438 e. The first-order valence-corrected chi connectivity index (χ1v) is 16.0. The molecule has 0 aromatic rings. The van der Waals surface area contributed by atoms with Gasteiger partial charge in [0.15, 0.2) is 0 Å². The topological polar surface area (TPSA) is 112 Å². The van der Waals surface area contributed by atoms with Crippen molar-refractivity contribution in [2.75, 3.05) is 20.5 Å². The summed E-state index contributed by atoms with van der Waals surface area (Å²) in [7, 11) is -2.72. The number of hydrogen-bond acceptors (Lipinski definition) is 6. The monoisotopic (exact) mass is 544 g/mol. The SMILES string of the molecule is CCOC1CCC2(C)C(C1)CC(OC)C1C2CCC2(C)C(C(C)CCC(=O)OCOP(=O)(O)O)CCC12. The van der Waals surface area contributed by atoms with E-state index in [2.05, 4.69) is 32.2 Å². The van der Waals surface area contributed by atoms with E-state index in [-0.39, 0.29) is 11.8 Å². The van der Waals surface area contributed by atoms with Crippen molar-refractivity contribution in [1.29, 1.82) is 0 Å². The summed E-state index contributed by atoms with van der Waals surface area (Å²) in [6.45, 7) is 9.51. The Hall–Kier alpha value is -0.500. The lowest BCUT2D eigenvalue weighted by atomic mass is 9.43. The van der Waals surface area contributed by atoms with Crippen LogP contribution < -0.4 is 0 Å². The molecule has 0 aliphatic heterocycles. The fourth-order valence-electron chi connectivity index (χ4n) is 9.55. The number of ether oxygens (including phenoxy) is 3. The Morgan fingerprint density at radius 1 is 1.05 bits per heavy atom. The van der Waals surface area contributed by atoms with Gasteiger partial charge in [-0.05, 0) is 111 Å². The van der Waals surface area contributed by atoms with Crippen LogP contribution in [0.5, 0.6) is 0 Å². The van der Waals surface area contributed by atoms with Gasteiger partial charge in [-0.3, -0.25) is 4.79 Å². The minimum Gasteiger partial charge on any atom is -0.438 e. The van der Waals surface area contributed by atoms with Crippen LogP contribution in [-0.2, 0) is 28.1 Å². The average molecular weight is 545 g/mol. The molecule has 0 saturated heterocycles. The van der Waals surface area contributed by atoms with Crippen molar-refractivity contribution in [1.82, 2.24) is 0 Å². The lowest BCUT2D eigenvalue weighted by Crippen LogP contribution is -2.59. The van der Waals surface area contributed by atoms with Gasteiger partial charge >= 0.3 is 13.8 Å². The Bertz CT molecular complexity index is 846. The first kappa shape index (κ1) is 29.5. The number of phosphoric acid groups is 1. The largest absolute Gasteiger partial charge is 0.472 e. The molecule has 214 valence electrons. The van der Waals surface area contributed by atoms with Crippen molar-refractivity contribution in [2.45, 2.75) is 104 Å². The molecule has 4 rings (SSSR count). The summed E-state index contributed by atoms with van der Waals surface area (Å²) in [5.74, 6) is 3.07. The number of phosphoric ester groups is 1. The molecular weight excluding hydrogens is 495 g/mol. The normalized spacial score (nSPS) is 42.4. The Kier molecular flexibility index (Phi) is 9.20. The zero-order chi connectivity index (χ0) is 27.0. The summed E-state index contributed by atoms with van der Waals surface area (Å²) in [6, 6.07) is 0. The van der Waals surface area contributed by atoms with Crippen LogP contribution >= 0.6 is 7.82 Å². The molecule has 0 amide bonds. The molecule has 4 fully saturated rings. The summed E-state index contributed by atoms with van der Waals surface area (Å²) in [5.41, 5.74) is 0.619. The molecule has 4 aliphatic rings. The molecule has 37 heavy (non-hydrogen) atoms. The molecule has 10 unspecified atom stereocenters. The van der Waals surface area contributed by atoms with Crippen LogP contribution in [0.4, 0.5) is 0 Å². The predicted molar refractivity (Wildman–Crippen MR) is 139 cm³/mol. The Morgan fingerprint density at radius 2 is 1.76 bits per heavy atom. The van der Waals surface area contributed by atoms with E-state index in [1.807, 2.05) is 7.11 Å². The van der Waals surface area contributed by atoms with Gasteiger partial charge in [-0.1, -0.05) is 20.8 Å². The maximum Gasteiger partial charge on any atom is 0.472 e. The zero-order valence-electron chi connectivity index (χ0n) is 23.4. The molecule has 0 aromatic carbocycles. The molecule has 2 N–H and O–H groups in total. The van der Waals surface area contributed by atoms with Gasteiger partial charge in [0.05, 0.1) is 12.2 Å². The zero-order valence-corrected chi connectivity index (χ0v) is 24.3. The van der Waals surface area contributed by atoms with E-state index in [1.165, 1.54) is 44.9 Å². The Labute approximate surface area is 222 Å². The summed E-state index contributed by atoms with van der Waals surface area (Å²) in [5, 5.41) is 0. The second-order valence-corrected chi connectivity index (χ2v) is 14.1. The van der Waals surface area contributed by atoms with Crippen LogP contribution in [0, 0.1) is 46.3 Å². The van der Waals surface area contributed by atoms with Gasteiger partial charge in [0, 0.05) is 20.1 Å². The van der Waals surface area contributed by atoms with Crippen molar-refractivity contribution in [3.05, 3.63) is 0 Å². The molecule has 10 atom stereocenters. The van der Waals surface area contributed by atoms with Crippen molar-refractivity contribution in [2.24, 2.45) is 46.3 Å². The second kappa shape index (κ2) is 11.5. The lowest BCUT2D eigenvalue weighted by molar-refractivity contribution is -0.185. The van der Waals surface area contributed by atoms with E-state index < -0.39 is 20.6 Å². The number of carbonyl (C=O) groups is 1. The fourth-order valence-corrected chi connectivity index (χ4v) is 9.74. The van der Waals surface area contributed by atoms with Crippen LogP contribution in [0.15, 0.2) is 0 Å². The molecule has 4 saturated carbocycles. The fraction of sp³-hybridized carbons (Fsp3) is 0.964. The van der Waals surface area contributed by atoms with Crippen molar-refractivity contribution in [3.8, 4) is 0 Å². The quantitative estimate of drug-likeness (QED) is 0.205. The minimum absolute atomic E-state index is 0.233. The summed E-state index contributed by atoms with van der Waals surface area (Å²) >= 11 is 0. The van der Waals surface area contributed by atoms with Crippen molar-refractivity contribution >= 4 is 13.8 Å². The average Bonchev–Trinajstić information content (AvgIpc) is 3.19. The van der Waals surface area contributed by atoms with E-state index in [0.29, 0.717) is 59.6 Å². The van der Waals surface area contributed by atoms with Gasteiger partial charge in [-0.15, -0.1) is 0 Å². The van der Waals surface area contributed by atoms with Crippen LogP contribution in [0.1, 0.15) is 91.9 Å². The van der Waals surface area contributed by atoms with E-state index >= 15 is 0 Å². The van der Waals surface area contributed by atoms with Gasteiger partial charge in [-0.25, -0.2) is 9.09 Å². The first-order chi connectivity index (χ1) is 17.4. The molecule has 0 radical (unpaired) electrons. The number of methoxy groups -OCH3 is 1. The number of carbonyl (C=O) groups excluding carboxylic acids is 1. The van der Waals surface area contributed by atoms with Gasteiger partial charge in [0.25, 0.3) is 0 Å². The summed E-state index contributed by atoms with van der Waals surface area (Å²) in [6.07, 6.45) is 11.3. The van der Waals surface area contributed by atoms with Crippen LogP contribution in [-0.4, -0.2) is 48.5 Å². The first-order valence-electron chi connectivity index (χ1n) is 14.4. The number of rotatable bonds is 10. The number of fused-ring (bicyclic) bond motifs is 5. The van der Waals surface area contributed by atoms with E-state index in [1.54, 1.807) is 0 Å². The molecule has 0 heterocycles. The summed E-state index contributed by atoms with van der Waals surface area (Å²) in [4.78, 5) is 29.6. The number of esters is 1. The summed E-state index contributed by atoms with van der Waals surface area (Å²) < 4.78 is 32.2. The van der Waals surface area contributed by atoms with Crippen LogP contribution in [0.25, 0.3) is 0 Å². The third-order valence-corrected chi connectivity index (χ3v) is 11.8. The maximum atomic E-state index is 12.1. The van der Waals surface area contributed by atoms with Crippen LogP contribution in [0.3, 0.4) is 0 Å². The molecular formula is C28H49O8P. The van der Waals surface area contributed by atoms with Crippen molar-refractivity contribution in [3.63, 3.8) is 0 Å². The maximum absolute atomic E-state index is 12.1. The van der Waals surface area contributed by atoms with Gasteiger partial charge in [0.2, 0.25) is 6.79 Å². The van der Waals surface area contributed by atoms with E-state index in [4.69, 9.17) is 24.0 Å². The van der Waals surface area contributed by atoms with Crippen molar-refractivity contribution < 1.29 is 37.9 Å². The van der Waals surface area contributed by atoms with Gasteiger partial charge < -0.3 is 24.0 Å². The molecule has 0 spiro atoms. The molecule has 0 aromatic heterocycles. The molecule has 8 nitrogen and oxygen atoms in total. The Morgan fingerprint density at radius 3 is 2.43 bits per heavy atom. The third-order valence-electron chi connectivity index (χ3n) is 11.3. The highest BCUT2D eigenvalue weighted by atomic mass is 31.2. The molecule has 4 aliphatic carbocycles. The molecule has 9 heteroatoms. The predicted octanol–water partition coefficient (Wildman–Crippen LogP) is 5.70. The van der Waals surface area contributed by atoms with E-state index in [9.17, 15) is 9.36 Å². The van der Waals surface area contributed by atoms with Gasteiger partial charge in [0.1, 0.15) is 0 Å². The van der Waals surface area contributed by atoms with Crippen LogP contribution in [0.2, 0.25) is 0 Å².